The van der Waals surface area contributed by atoms with Crippen LogP contribution in [0.1, 0.15) is 0 Å². The Balaban J connectivity index is 2.21. The van der Waals surface area contributed by atoms with Crippen LogP contribution in [-0.2, 0) is 4.74 Å². The summed E-state index contributed by atoms with van der Waals surface area (Å²) in [7, 11) is 1.53. The van der Waals surface area contributed by atoms with Crippen LogP contribution in [0.2, 0.25) is 0 Å². The van der Waals surface area contributed by atoms with Gasteiger partial charge in [-0.2, -0.15) is 24.7 Å². The first kappa shape index (κ1) is 13.1. The molecule has 2 aromatic rings. The number of methoxy groups -OCH3 is 1. The standard InChI is InChI=1S/C9H14N8O2/c1-19-3-6(2-18)13-8-14-7(10)15-9(16-8)17-5-11-4-12-17/h4-6,18H,2-3H2,1H3,(H3,10,13,14,15,16). The number of hydrogen-bond donors (Lipinski definition) is 3. The Morgan fingerprint density at radius 3 is 2.95 bits per heavy atom. The van der Waals surface area contributed by atoms with Crippen LogP contribution in [0, 0.1) is 0 Å². The van der Waals surface area contributed by atoms with E-state index in [0.29, 0.717) is 6.61 Å². The van der Waals surface area contributed by atoms with E-state index in [-0.39, 0.29) is 30.5 Å². The van der Waals surface area contributed by atoms with E-state index in [0.717, 1.165) is 0 Å². The fraction of sp³-hybridized carbons (Fsp3) is 0.444. The molecule has 0 aliphatic rings. The molecular formula is C9H14N8O2. The summed E-state index contributed by atoms with van der Waals surface area (Å²) in [5, 5.41) is 16.0. The summed E-state index contributed by atoms with van der Waals surface area (Å²) < 4.78 is 6.30. The largest absolute Gasteiger partial charge is 0.394 e. The minimum Gasteiger partial charge on any atom is -0.394 e. The van der Waals surface area contributed by atoms with Gasteiger partial charge < -0.3 is 20.9 Å². The van der Waals surface area contributed by atoms with Crippen LogP contribution in [-0.4, -0.2) is 61.2 Å². The first-order valence-corrected chi connectivity index (χ1v) is 5.46. The van der Waals surface area contributed by atoms with Crippen molar-refractivity contribution in [2.75, 3.05) is 31.4 Å². The first-order valence-electron chi connectivity index (χ1n) is 5.46. The van der Waals surface area contributed by atoms with E-state index < -0.39 is 0 Å². The molecule has 10 heteroatoms. The lowest BCUT2D eigenvalue weighted by Crippen LogP contribution is -2.30. The van der Waals surface area contributed by atoms with Gasteiger partial charge in [-0.1, -0.05) is 0 Å². The number of hydrogen-bond acceptors (Lipinski definition) is 9. The third kappa shape index (κ3) is 3.33. The Morgan fingerprint density at radius 1 is 1.47 bits per heavy atom. The van der Waals surface area contributed by atoms with Gasteiger partial charge >= 0.3 is 0 Å². The molecule has 0 radical (unpaired) electrons. The van der Waals surface area contributed by atoms with Crippen molar-refractivity contribution in [2.24, 2.45) is 0 Å². The molecule has 0 aliphatic heterocycles. The summed E-state index contributed by atoms with van der Waals surface area (Å²) in [6.07, 6.45) is 2.80. The molecule has 19 heavy (non-hydrogen) atoms. The number of ether oxygens (including phenoxy) is 1. The molecule has 10 nitrogen and oxygen atoms in total. The second-order valence-electron chi connectivity index (χ2n) is 3.64. The van der Waals surface area contributed by atoms with Gasteiger partial charge in [0.25, 0.3) is 5.95 Å². The molecule has 0 saturated carbocycles. The zero-order valence-electron chi connectivity index (χ0n) is 10.3. The number of nitrogens with two attached hydrogens (primary N) is 1. The molecule has 4 N–H and O–H groups in total. The van der Waals surface area contributed by atoms with Gasteiger partial charge in [0.15, 0.2) is 0 Å². The second kappa shape index (κ2) is 6.02. The molecule has 0 spiro atoms. The van der Waals surface area contributed by atoms with Gasteiger partial charge in [0, 0.05) is 7.11 Å². The quantitative estimate of drug-likeness (QED) is 0.567. The Morgan fingerprint density at radius 2 is 2.32 bits per heavy atom. The first-order chi connectivity index (χ1) is 9.22. The highest BCUT2D eigenvalue weighted by atomic mass is 16.5. The van der Waals surface area contributed by atoms with Crippen LogP contribution in [0.25, 0.3) is 5.95 Å². The van der Waals surface area contributed by atoms with Crippen LogP contribution in [0.5, 0.6) is 0 Å². The maximum absolute atomic E-state index is 9.17. The Kier molecular flexibility index (Phi) is 4.15. The van der Waals surface area contributed by atoms with Crippen LogP contribution in [0.4, 0.5) is 11.9 Å². The molecule has 0 fully saturated rings. The maximum atomic E-state index is 9.17. The SMILES string of the molecule is COCC(CO)Nc1nc(N)nc(-n2cncn2)n1. The number of aliphatic hydroxyl groups excluding tert-OH is 1. The number of nitrogen functional groups attached to an aromatic ring is 1. The molecule has 1 unspecified atom stereocenters. The number of rotatable bonds is 6. The van der Waals surface area contributed by atoms with Crippen LogP contribution in [0.15, 0.2) is 12.7 Å². The third-order valence-corrected chi connectivity index (χ3v) is 2.19. The minimum absolute atomic E-state index is 0.0390. The highest BCUT2D eigenvalue weighted by Gasteiger charge is 2.11. The van der Waals surface area contributed by atoms with E-state index in [1.165, 1.54) is 24.4 Å². The normalized spacial score (nSPS) is 12.3. The van der Waals surface area contributed by atoms with Gasteiger partial charge in [-0.05, 0) is 0 Å². The van der Waals surface area contributed by atoms with Crippen LogP contribution < -0.4 is 11.1 Å². The van der Waals surface area contributed by atoms with Crippen molar-refractivity contribution in [2.45, 2.75) is 6.04 Å². The number of aliphatic hydroxyl groups is 1. The number of nitrogens with one attached hydrogen (secondary N) is 1. The van der Waals surface area contributed by atoms with Crippen molar-refractivity contribution >= 4 is 11.9 Å². The molecular weight excluding hydrogens is 252 g/mol. The minimum atomic E-state index is -0.338. The van der Waals surface area contributed by atoms with Gasteiger partial charge in [-0.3, -0.25) is 0 Å². The molecule has 0 saturated heterocycles. The van der Waals surface area contributed by atoms with Gasteiger partial charge in [-0.15, -0.1) is 0 Å². The highest BCUT2D eigenvalue weighted by molar-refractivity contribution is 5.35. The zero-order valence-corrected chi connectivity index (χ0v) is 10.3. The summed E-state index contributed by atoms with van der Waals surface area (Å²) in [6.45, 7) is 0.179. The zero-order chi connectivity index (χ0) is 13.7. The predicted octanol–water partition coefficient (Wildman–Crippen LogP) is -1.55. The highest BCUT2D eigenvalue weighted by Crippen LogP contribution is 2.07. The number of anilines is 2. The van der Waals surface area contributed by atoms with Crippen molar-refractivity contribution < 1.29 is 9.84 Å². The smallest absolute Gasteiger partial charge is 0.258 e. The fourth-order valence-corrected chi connectivity index (χ4v) is 1.38. The monoisotopic (exact) mass is 266 g/mol. The summed E-state index contributed by atoms with van der Waals surface area (Å²) >= 11 is 0. The lowest BCUT2D eigenvalue weighted by atomic mass is 10.3. The maximum Gasteiger partial charge on any atom is 0.258 e. The van der Waals surface area contributed by atoms with Gasteiger partial charge in [0.2, 0.25) is 11.9 Å². The van der Waals surface area contributed by atoms with E-state index in [4.69, 9.17) is 15.6 Å². The average molecular weight is 266 g/mol. The molecule has 0 aromatic carbocycles. The average Bonchev–Trinajstić information content (AvgIpc) is 2.91. The number of aromatic nitrogens is 6. The summed E-state index contributed by atoms with van der Waals surface area (Å²) in [5.74, 6) is 0.507. The van der Waals surface area contributed by atoms with Crippen molar-refractivity contribution in [3.05, 3.63) is 12.7 Å². The molecule has 2 aromatic heterocycles. The van der Waals surface area contributed by atoms with Crippen LogP contribution >= 0.6 is 0 Å². The van der Waals surface area contributed by atoms with Crippen LogP contribution in [0.3, 0.4) is 0 Å². The van der Waals surface area contributed by atoms with E-state index in [2.05, 4.69) is 30.4 Å². The molecule has 1 atom stereocenters. The fourth-order valence-electron chi connectivity index (χ4n) is 1.38. The van der Waals surface area contributed by atoms with E-state index in [9.17, 15) is 0 Å². The van der Waals surface area contributed by atoms with Gasteiger partial charge in [0.05, 0.1) is 19.3 Å². The Hall–Kier alpha value is -2.33. The summed E-state index contributed by atoms with van der Waals surface area (Å²) in [4.78, 5) is 15.8. The molecule has 2 heterocycles. The second-order valence-corrected chi connectivity index (χ2v) is 3.64. The molecule has 0 amide bonds. The topological polar surface area (TPSA) is 137 Å². The summed E-state index contributed by atoms with van der Waals surface area (Å²) in [5.41, 5.74) is 5.60. The van der Waals surface area contributed by atoms with Crippen molar-refractivity contribution in [1.29, 1.82) is 0 Å². The van der Waals surface area contributed by atoms with E-state index in [1.54, 1.807) is 0 Å². The van der Waals surface area contributed by atoms with E-state index >= 15 is 0 Å². The van der Waals surface area contributed by atoms with Crippen molar-refractivity contribution in [1.82, 2.24) is 29.7 Å². The van der Waals surface area contributed by atoms with Crippen molar-refractivity contribution in [3.8, 4) is 5.95 Å². The Bertz CT molecular complexity index is 517. The van der Waals surface area contributed by atoms with Gasteiger partial charge in [-0.25, -0.2) is 4.98 Å². The molecule has 0 aliphatic carbocycles. The Labute approximate surface area is 108 Å². The summed E-state index contributed by atoms with van der Waals surface area (Å²) in [6, 6.07) is -0.338. The molecule has 2 rings (SSSR count). The predicted molar refractivity (Wildman–Crippen MR) is 65.5 cm³/mol. The molecule has 0 bridgehead atoms. The lowest BCUT2D eigenvalue weighted by Gasteiger charge is -2.15. The third-order valence-electron chi connectivity index (χ3n) is 2.19. The number of nitrogens with zero attached hydrogens (tertiary/aromatic N) is 6. The van der Waals surface area contributed by atoms with E-state index in [1.807, 2.05) is 0 Å². The van der Waals surface area contributed by atoms with Crippen molar-refractivity contribution in [3.63, 3.8) is 0 Å². The molecule has 102 valence electrons. The lowest BCUT2D eigenvalue weighted by molar-refractivity contribution is 0.153. The van der Waals surface area contributed by atoms with Gasteiger partial charge in [0.1, 0.15) is 12.7 Å².